The van der Waals surface area contributed by atoms with Crippen molar-refractivity contribution >= 4 is 22.7 Å². The molecule has 0 spiro atoms. The fraction of sp³-hybridized carbons (Fsp3) is 0.136. The summed E-state index contributed by atoms with van der Waals surface area (Å²) in [4.78, 5) is 13.1. The third-order valence-electron chi connectivity index (χ3n) is 4.63. The minimum Gasteiger partial charge on any atom is -0.493 e. The van der Waals surface area contributed by atoms with Crippen molar-refractivity contribution in [1.82, 2.24) is 15.0 Å². The summed E-state index contributed by atoms with van der Waals surface area (Å²) in [5.74, 6) is 2.02. The first-order valence-electron chi connectivity index (χ1n) is 9.10. The van der Waals surface area contributed by atoms with Crippen LogP contribution in [0.4, 0.5) is 11.8 Å². The number of anilines is 2. The van der Waals surface area contributed by atoms with E-state index in [-0.39, 0.29) is 0 Å². The maximum absolute atomic E-state index is 6.13. The van der Waals surface area contributed by atoms with Crippen LogP contribution in [0.2, 0.25) is 0 Å². The lowest BCUT2D eigenvalue weighted by molar-refractivity contribution is 0.356. The lowest BCUT2D eigenvalue weighted by atomic mass is 10.1. The molecule has 4 aromatic rings. The first kappa shape index (κ1) is 18.5. The minimum atomic E-state index is 0.380. The van der Waals surface area contributed by atoms with Crippen molar-refractivity contribution in [1.29, 1.82) is 0 Å². The quantitative estimate of drug-likeness (QED) is 0.518. The molecule has 29 heavy (non-hydrogen) atoms. The SMILES string of the molecule is COc1cc2nc(NCc3ccc(-c4cccnc4)cc3)nc(N)c2cc1OC. The van der Waals surface area contributed by atoms with Crippen LogP contribution >= 0.6 is 0 Å². The molecule has 0 bridgehead atoms. The summed E-state index contributed by atoms with van der Waals surface area (Å²) in [6.07, 6.45) is 3.62. The van der Waals surface area contributed by atoms with Gasteiger partial charge in [0, 0.05) is 30.4 Å². The summed E-state index contributed by atoms with van der Waals surface area (Å²) >= 11 is 0. The number of nitrogens with one attached hydrogen (secondary N) is 1. The number of hydrogen-bond donors (Lipinski definition) is 2. The molecule has 0 aliphatic carbocycles. The van der Waals surface area contributed by atoms with Crippen LogP contribution in [0.25, 0.3) is 22.0 Å². The number of ether oxygens (including phenoxy) is 2. The first-order valence-corrected chi connectivity index (χ1v) is 9.10. The molecule has 7 heteroatoms. The monoisotopic (exact) mass is 387 g/mol. The zero-order chi connectivity index (χ0) is 20.2. The van der Waals surface area contributed by atoms with E-state index in [1.807, 2.05) is 18.3 Å². The number of methoxy groups -OCH3 is 2. The van der Waals surface area contributed by atoms with Crippen molar-refractivity contribution in [3.63, 3.8) is 0 Å². The second kappa shape index (κ2) is 8.02. The zero-order valence-electron chi connectivity index (χ0n) is 16.2. The predicted molar refractivity (Wildman–Crippen MR) is 114 cm³/mol. The molecular weight excluding hydrogens is 366 g/mol. The number of nitrogens with zero attached hydrogens (tertiary/aromatic N) is 3. The second-order valence-corrected chi connectivity index (χ2v) is 6.45. The van der Waals surface area contributed by atoms with E-state index >= 15 is 0 Å². The summed E-state index contributed by atoms with van der Waals surface area (Å²) in [7, 11) is 3.17. The average Bonchev–Trinajstić information content (AvgIpc) is 2.78. The molecule has 0 aliphatic rings. The van der Waals surface area contributed by atoms with Crippen molar-refractivity contribution in [2.24, 2.45) is 0 Å². The lowest BCUT2D eigenvalue weighted by Gasteiger charge is -2.12. The van der Waals surface area contributed by atoms with Gasteiger partial charge in [0.15, 0.2) is 11.5 Å². The molecule has 0 saturated heterocycles. The van der Waals surface area contributed by atoms with Gasteiger partial charge in [-0.25, -0.2) is 4.98 Å². The second-order valence-electron chi connectivity index (χ2n) is 6.45. The molecule has 0 radical (unpaired) electrons. The summed E-state index contributed by atoms with van der Waals surface area (Å²) in [6, 6.07) is 15.8. The van der Waals surface area contributed by atoms with Crippen LogP contribution < -0.4 is 20.5 Å². The van der Waals surface area contributed by atoms with Gasteiger partial charge in [-0.05, 0) is 28.8 Å². The Balaban J connectivity index is 1.53. The molecule has 0 atom stereocenters. The number of nitrogen functional groups attached to an aromatic ring is 1. The van der Waals surface area contributed by atoms with E-state index in [0.717, 1.165) is 16.7 Å². The van der Waals surface area contributed by atoms with Crippen LogP contribution in [-0.2, 0) is 6.54 Å². The Morgan fingerprint density at radius 1 is 0.931 bits per heavy atom. The fourth-order valence-electron chi connectivity index (χ4n) is 3.09. The standard InChI is InChI=1S/C22H21N5O2/c1-28-19-10-17-18(11-20(19)29-2)26-22(27-21(17)23)25-12-14-5-7-15(8-6-14)16-4-3-9-24-13-16/h3-11,13H,12H2,1-2H3,(H3,23,25,26,27). The highest BCUT2D eigenvalue weighted by Crippen LogP contribution is 2.33. The smallest absolute Gasteiger partial charge is 0.225 e. The van der Waals surface area contributed by atoms with E-state index in [2.05, 4.69) is 44.5 Å². The maximum atomic E-state index is 6.13. The van der Waals surface area contributed by atoms with Crippen molar-refractivity contribution in [2.45, 2.75) is 6.54 Å². The van der Waals surface area contributed by atoms with Crippen LogP contribution in [0.5, 0.6) is 11.5 Å². The molecule has 2 aromatic carbocycles. The van der Waals surface area contributed by atoms with Gasteiger partial charge in [0.1, 0.15) is 5.82 Å². The number of fused-ring (bicyclic) bond motifs is 1. The lowest BCUT2D eigenvalue weighted by Crippen LogP contribution is -2.06. The van der Waals surface area contributed by atoms with Gasteiger partial charge in [0.05, 0.1) is 19.7 Å². The Bertz CT molecular complexity index is 1130. The number of pyridine rings is 1. The Morgan fingerprint density at radius 3 is 2.38 bits per heavy atom. The highest BCUT2D eigenvalue weighted by Gasteiger charge is 2.11. The highest BCUT2D eigenvalue weighted by atomic mass is 16.5. The molecule has 7 nitrogen and oxygen atoms in total. The Kier molecular flexibility index (Phi) is 5.11. The molecule has 4 rings (SSSR count). The van der Waals surface area contributed by atoms with Crippen LogP contribution in [-0.4, -0.2) is 29.2 Å². The molecule has 2 heterocycles. The van der Waals surface area contributed by atoms with Crippen molar-refractivity contribution in [3.05, 3.63) is 66.5 Å². The summed E-state index contributed by atoms with van der Waals surface area (Å²) < 4.78 is 10.7. The van der Waals surface area contributed by atoms with E-state index in [1.165, 1.54) is 0 Å². The van der Waals surface area contributed by atoms with Crippen molar-refractivity contribution in [2.75, 3.05) is 25.3 Å². The van der Waals surface area contributed by atoms with Crippen LogP contribution in [0.1, 0.15) is 5.56 Å². The van der Waals surface area contributed by atoms with Gasteiger partial charge in [0.25, 0.3) is 0 Å². The van der Waals surface area contributed by atoms with Crippen LogP contribution in [0.15, 0.2) is 60.9 Å². The molecule has 0 aliphatic heterocycles. The Hall–Kier alpha value is -3.87. The summed E-state index contributed by atoms with van der Waals surface area (Å²) in [6.45, 7) is 0.575. The molecule has 3 N–H and O–H groups in total. The molecule has 0 saturated carbocycles. The van der Waals surface area contributed by atoms with Crippen molar-refractivity contribution in [3.8, 4) is 22.6 Å². The molecule has 0 amide bonds. The summed E-state index contributed by atoms with van der Waals surface area (Å²) in [5, 5.41) is 3.95. The van der Waals surface area contributed by atoms with Crippen molar-refractivity contribution < 1.29 is 9.47 Å². The predicted octanol–water partition coefficient (Wildman–Crippen LogP) is 3.90. The Labute approximate surface area is 168 Å². The number of aromatic nitrogens is 3. The normalized spacial score (nSPS) is 10.7. The van der Waals surface area contributed by atoms with E-state index < -0.39 is 0 Å². The van der Waals surface area contributed by atoms with E-state index in [9.17, 15) is 0 Å². The molecule has 0 unspecified atom stereocenters. The zero-order valence-corrected chi connectivity index (χ0v) is 16.2. The number of rotatable bonds is 6. The average molecular weight is 387 g/mol. The van der Waals surface area contributed by atoms with Gasteiger partial charge in [-0.1, -0.05) is 30.3 Å². The molecular formula is C22H21N5O2. The number of benzene rings is 2. The molecule has 0 fully saturated rings. The van der Waals surface area contributed by atoms with E-state index in [0.29, 0.717) is 40.7 Å². The van der Waals surface area contributed by atoms with Gasteiger partial charge in [-0.15, -0.1) is 0 Å². The van der Waals surface area contributed by atoms with E-state index in [4.69, 9.17) is 15.2 Å². The van der Waals surface area contributed by atoms with Gasteiger partial charge in [0.2, 0.25) is 5.95 Å². The third kappa shape index (κ3) is 3.89. The summed E-state index contributed by atoms with van der Waals surface area (Å²) in [5.41, 5.74) is 10.1. The highest BCUT2D eigenvalue weighted by molar-refractivity contribution is 5.91. The van der Waals surface area contributed by atoms with Gasteiger partial charge >= 0.3 is 0 Å². The topological polar surface area (TPSA) is 95.2 Å². The number of nitrogens with two attached hydrogens (primary N) is 1. The van der Waals surface area contributed by atoms with Crippen LogP contribution in [0.3, 0.4) is 0 Å². The third-order valence-corrected chi connectivity index (χ3v) is 4.63. The van der Waals surface area contributed by atoms with Gasteiger partial charge in [-0.2, -0.15) is 4.98 Å². The fourth-order valence-corrected chi connectivity index (χ4v) is 3.09. The largest absolute Gasteiger partial charge is 0.493 e. The van der Waals surface area contributed by atoms with Gasteiger partial charge in [-0.3, -0.25) is 4.98 Å². The number of hydrogen-bond acceptors (Lipinski definition) is 7. The Morgan fingerprint density at radius 2 is 1.69 bits per heavy atom. The first-order chi connectivity index (χ1) is 14.2. The molecule has 146 valence electrons. The minimum absolute atomic E-state index is 0.380. The maximum Gasteiger partial charge on any atom is 0.225 e. The molecule has 2 aromatic heterocycles. The van der Waals surface area contributed by atoms with E-state index in [1.54, 1.807) is 32.5 Å². The van der Waals surface area contributed by atoms with Crippen LogP contribution in [0, 0.1) is 0 Å². The van der Waals surface area contributed by atoms with Gasteiger partial charge < -0.3 is 20.5 Å².